The molecule has 3 aromatic rings. The maximum Gasteiger partial charge on any atom is 0.243 e. The highest BCUT2D eigenvalue weighted by Crippen LogP contribution is 2.42. The molecular formula is C30H39N3O. The topological polar surface area (TPSA) is 48.1 Å². The van der Waals surface area contributed by atoms with Gasteiger partial charge in [0.05, 0.1) is 0 Å². The summed E-state index contributed by atoms with van der Waals surface area (Å²) in [6.45, 7) is 0.765. The van der Waals surface area contributed by atoms with Crippen molar-refractivity contribution in [1.82, 2.24) is 15.2 Å². The average molecular weight is 458 g/mol. The van der Waals surface area contributed by atoms with Crippen molar-refractivity contribution in [2.45, 2.75) is 63.3 Å². The number of aromatic amines is 1. The number of rotatable bonds is 10. The van der Waals surface area contributed by atoms with Gasteiger partial charge in [0.1, 0.15) is 0 Å². The van der Waals surface area contributed by atoms with Gasteiger partial charge in [0.15, 0.2) is 0 Å². The number of benzene rings is 2. The second kappa shape index (κ2) is 11.5. The van der Waals surface area contributed by atoms with E-state index in [0.717, 1.165) is 51.5 Å². The van der Waals surface area contributed by atoms with Gasteiger partial charge in [0, 0.05) is 35.3 Å². The minimum atomic E-state index is 0.0712. The highest BCUT2D eigenvalue weighted by atomic mass is 16.1. The molecule has 4 heteroatoms. The Hall–Kier alpha value is -2.85. The van der Waals surface area contributed by atoms with Gasteiger partial charge in [-0.05, 0) is 76.2 Å². The molecule has 0 unspecified atom stereocenters. The molecule has 1 heterocycles. The molecule has 2 aromatic carbocycles. The number of hydrogen-bond acceptors (Lipinski definition) is 2. The van der Waals surface area contributed by atoms with Crippen molar-refractivity contribution in [3.63, 3.8) is 0 Å². The fourth-order valence-electron chi connectivity index (χ4n) is 5.45. The highest BCUT2D eigenvalue weighted by Gasteiger charge is 2.37. The van der Waals surface area contributed by atoms with Crippen molar-refractivity contribution in [1.29, 1.82) is 0 Å². The first-order chi connectivity index (χ1) is 16.6. The zero-order chi connectivity index (χ0) is 23.8. The summed E-state index contributed by atoms with van der Waals surface area (Å²) in [5.74, 6) is 0.0749. The van der Waals surface area contributed by atoms with Crippen LogP contribution in [0.25, 0.3) is 10.9 Å². The molecule has 1 amide bonds. The summed E-state index contributed by atoms with van der Waals surface area (Å²) in [5, 5.41) is 4.45. The van der Waals surface area contributed by atoms with E-state index in [4.69, 9.17) is 0 Å². The van der Waals surface area contributed by atoms with Crippen LogP contribution in [0.15, 0.2) is 72.4 Å². The van der Waals surface area contributed by atoms with Gasteiger partial charge in [-0.1, -0.05) is 66.9 Å². The maximum absolute atomic E-state index is 12.4. The Bertz CT molecular complexity index is 1090. The van der Waals surface area contributed by atoms with Crippen molar-refractivity contribution >= 4 is 16.8 Å². The Morgan fingerprint density at radius 1 is 0.971 bits per heavy atom. The molecular weight excluding hydrogens is 418 g/mol. The molecule has 34 heavy (non-hydrogen) atoms. The minimum absolute atomic E-state index is 0.0712. The highest BCUT2D eigenvalue weighted by molar-refractivity contribution is 5.88. The zero-order valence-corrected chi connectivity index (χ0v) is 20.8. The molecule has 0 atom stereocenters. The molecule has 0 aliphatic heterocycles. The predicted octanol–water partition coefficient (Wildman–Crippen LogP) is 6.34. The van der Waals surface area contributed by atoms with Crippen LogP contribution in [-0.2, 0) is 16.8 Å². The summed E-state index contributed by atoms with van der Waals surface area (Å²) in [6, 6.07) is 19.3. The molecule has 4 nitrogen and oxygen atoms in total. The van der Waals surface area contributed by atoms with Crippen molar-refractivity contribution < 1.29 is 4.79 Å². The van der Waals surface area contributed by atoms with E-state index in [1.54, 1.807) is 0 Å². The molecule has 1 fully saturated rings. The van der Waals surface area contributed by atoms with E-state index >= 15 is 0 Å². The number of nitrogens with zero attached hydrogens (tertiary/aromatic N) is 1. The van der Waals surface area contributed by atoms with Gasteiger partial charge in [0.25, 0.3) is 0 Å². The van der Waals surface area contributed by atoms with Gasteiger partial charge in [-0.2, -0.15) is 0 Å². The van der Waals surface area contributed by atoms with Crippen LogP contribution in [0.4, 0.5) is 0 Å². The van der Waals surface area contributed by atoms with E-state index in [0.29, 0.717) is 0 Å². The Labute approximate surface area is 204 Å². The lowest BCUT2D eigenvalue weighted by atomic mass is 9.74. The van der Waals surface area contributed by atoms with Crippen molar-refractivity contribution in [3.05, 3.63) is 83.6 Å². The van der Waals surface area contributed by atoms with E-state index in [1.807, 2.05) is 6.08 Å². The van der Waals surface area contributed by atoms with Crippen LogP contribution in [0.3, 0.4) is 0 Å². The standard InChI is InChI=1S/C30H39N3O/c1-33(2)30(26-13-7-5-8-14-26)19-17-24(18-20-30)22-29(34)31-21-11-4-3-6-12-25-23-32-28-16-10-9-15-27(25)28/h5,7-10,13-16,22-23,32H,3-4,6,11-12,17-21H2,1-2H3,(H,31,34). The molecule has 1 aliphatic carbocycles. The van der Waals surface area contributed by atoms with Gasteiger partial charge in [0.2, 0.25) is 5.91 Å². The van der Waals surface area contributed by atoms with Gasteiger partial charge in [-0.3, -0.25) is 9.69 Å². The Morgan fingerprint density at radius 3 is 2.44 bits per heavy atom. The Morgan fingerprint density at radius 2 is 1.68 bits per heavy atom. The Balaban J connectivity index is 1.14. The molecule has 180 valence electrons. The largest absolute Gasteiger partial charge is 0.361 e. The van der Waals surface area contributed by atoms with Crippen LogP contribution >= 0.6 is 0 Å². The van der Waals surface area contributed by atoms with Crippen LogP contribution < -0.4 is 5.32 Å². The third kappa shape index (κ3) is 5.79. The maximum atomic E-state index is 12.4. The van der Waals surface area contributed by atoms with Crippen molar-refractivity contribution in [2.24, 2.45) is 0 Å². The summed E-state index contributed by atoms with van der Waals surface area (Å²) in [5.41, 5.74) is 5.37. The number of allylic oxidation sites excluding steroid dienone is 1. The molecule has 1 aliphatic rings. The molecule has 0 saturated heterocycles. The second-order valence-electron chi connectivity index (χ2n) is 9.91. The van der Waals surface area contributed by atoms with Gasteiger partial charge >= 0.3 is 0 Å². The van der Waals surface area contributed by atoms with E-state index < -0.39 is 0 Å². The van der Waals surface area contributed by atoms with Gasteiger partial charge < -0.3 is 10.3 Å². The van der Waals surface area contributed by atoms with E-state index in [2.05, 4.69) is 90.1 Å². The molecule has 0 radical (unpaired) electrons. The van der Waals surface area contributed by atoms with Crippen LogP contribution in [0, 0.1) is 0 Å². The van der Waals surface area contributed by atoms with Crippen molar-refractivity contribution in [3.8, 4) is 0 Å². The number of carbonyl (C=O) groups is 1. The fourth-order valence-corrected chi connectivity index (χ4v) is 5.45. The average Bonchev–Trinajstić information content (AvgIpc) is 3.27. The number of aryl methyl sites for hydroxylation is 1. The number of amides is 1. The first-order valence-electron chi connectivity index (χ1n) is 12.8. The molecule has 0 bridgehead atoms. The number of carbonyl (C=O) groups excluding carboxylic acids is 1. The van der Waals surface area contributed by atoms with Crippen LogP contribution in [0.5, 0.6) is 0 Å². The fraction of sp³-hybridized carbons (Fsp3) is 0.433. The number of hydrogen-bond donors (Lipinski definition) is 2. The van der Waals surface area contributed by atoms with E-state index in [1.165, 1.54) is 40.4 Å². The monoisotopic (exact) mass is 457 g/mol. The lowest BCUT2D eigenvalue weighted by Crippen LogP contribution is -2.43. The van der Waals surface area contributed by atoms with Gasteiger partial charge in [-0.25, -0.2) is 0 Å². The summed E-state index contributed by atoms with van der Waals surface area (Å²) < 4.78 is 0. The quantitative estimate of drug-likeness (QED) is 0.275. The first-order valence-corrected chi connectivity index (χ1v) is 12.8. The molecule has 1 saturated carbocycles. The zero-order valence-electron chi connectivity index (χ0n) is 20.8. The number of fused-ring (bicyclic) bond motifs is 1. The SMILES string of the molecule is CN(C)C1(c2ccccc2)CCC(=CC(=O)NCCCCCCc2c[nH]c3ccccc23)CC1. The van der Waals surface area contributed by atoms with Crippen LogP contribution in [0.1, 0.15) is 62.5 Å². The number of aromatic nitrogens is 1. The van der Waals surface area contributed by atoms with Crippen LogP contribution in [-0.4, -0.2) is 36.4 Å². The summed E-state index contributed by atoms with van der Waals surface area (Å²) in [7, 11) is 4.35. The molecule has 0 spiro atoms. The molecule has 2 N–H and O–H groups in total. The third-order valence-corrected chi connectivity index (χ3v) is 7.57. The smallest absolute Gasteiger partial charge is 0.243 e. The van der Waals surface area contributed by atoms with E-state index in [9.17, 15) is 4.79 Å². The lowest BCUT2D eigenvalue weighted by molar-refractivity contribution is -0.116. The second-order valence-corrected chi connectivity index (χ2v) is 9.91. The normalized spacial score (nSPS) is 18.4. The summed E-state index contributed by atoms with van der Waals surface area (Å²) in [4.78, 5) is 18.2. The number of para-hydroxylation sites is 1. The minimum Gasteiger partial charge on any atom is -0.361 e. The van der Waals surface area contributed by atoms with E-state index in [-0.39, 0.29) is 11.4 Å². The van der Waals surface area contributed by atoms with Crippen LogP contribution in [0.2, 0.25) is 0 Å². The van der Waals surface area contributed by atoms with Gasteiger partial charge in [-0.15, -0.1) is 0 Å². The number of H-pyrrole nitrogens is 1. The Kier molecular flexibility index (Phi) is 8.23. The molecule has 1 aromatic heterocycles. The lowest BCUT2D eigenvalue weighted by Gasteiger charge is -2.44. The first kappa shape index (κ1) is 24.3. The van der Waals surface area contributed by atoms with Crippen molar-refractivity contribution in [2.75, 3.05) is 20.6 Å². The summed E-state index contributed by atoms with van der Waals surface area (Å²) >= 11 is 0. The number of nitrogens with one attached hydrogen (secondary N) is 2. The number of unbranched alkanes of at least 4 members (excludes halogenated alkanes) is 3. The predicted molar refractivity (Wildman–Crippen MR) is 142 cm³/mol. The third-order valence-electron chi connectivity index (χ3n) is 7.57. The summed E-state index contributed by atoms with van der Waals surface area (Å²) in [6.07, 6.45) is 13.8. The molecule has 4 rings (SSSR count).